The molecule has 1 aromatic heterocycles. The van der Waals surface area contributed by atoms with Gasteiger partial charge in [0.05, 0.1) is 0 Å². The number of amides is 1. The van der Waals surface area contributed by atoms with Gasteiger partial charge < -0.3 is 10.3 Å². The summed E-state index contributed by atoms with van der Waals surface area (Å²) in [5.41, 5.74) is 6.43. The Labute approximate surface area is 168 Å². The SMILES string of the molecule is Cc1nc(C)c(CCC(=O)NCCc2c(C)cc(C(C)(C)C)cc2C)c(=O)[nH]1. The van der Waals surface area contributed by atoms with Gasteiger partial charge in [0, 0.05) is 24.2 Å². The van der Waals surface area contributed by atoms with E-state index in [4.69, 9.17) is 0 Å². The smallest absolute Gasteiger partial charge is 0.254 e. The first-order valence-corrected chi connectivity index (χ1v) is 9.92. The average Bonchev–Trinajstić information content (AvgIpc) is 2.55. The second-order valence-corrected chi connectivity index (χ2v) is 8.65. The number of aryl methyl sites for hydroxylation is 4. The van der Waals surface area contributed by atoms with Gasteiger partial charge in [-0.3, -0.25) is 9.59 Å². The Kier molecular flexibility index (Phi) is 6.81. The number of hydrogen-bond acceptors (Lipinski definition) is 3. The third-order valence-corrected chi connectivity index (χ3v) is 5.20. The molecule has 0 saturated carbocycles. The Morgan fingerprint density at radius 3 is 2.18 bits per heavy atom. The lowest BCUT2D eigenvalue weighted by atomic mass is 9.83. The molecule has 1 heterocycles. The lowest BCUT2D eigenvalue weighted by Gasteiger charge is -2.22. The lowest BCUT2D eigenvalue weighted by Crippen LogP contribution is -2.27. The van der Waals surface area contributed by atoms with Crippen LogP contribution < -0.4 is 10.9 Å². The van der Waals surface area contributed by atoms with Crippen molar-refractivity contribution in [1.82, 2.24) is 15.3 Å². The second-order valence-electron chi connectivity index (χ2n) is 8.65. The predicted molar refractivity (Wildman–Crippen MR) is 114 cm³/mol. The molecule has 2 N–H and O–H groups in total. The minimum Gasteiger partial charge on any atom is -0.356 e. The van der Waals surface area contributed by atoms with Gasteiger partial charge in [-0.25, -0.2) is 4.98 Å². The fourth-order valence-electron chi connectivity index (χ4n) is 3.52. The molecule has 0 atom stereocenters. The van der Waals surface area contributed by atoms with E-state index in [9.17, 15) is 9.59 Å². The molecule has 0 unspecified atom stereocenters. The van der Waals surface area contributed by atoms with E-state index in [1.165, 1.54) is 22.3 Å². The van der Waals surface area contributed by atoms with Crippen LogP contribution in [0.5, 0.6) is 0 Å². The van der Waals surface area contributed by atoms with Crippen LogP contribution >= 0.6 is 0 Å². The molecule has 0 spiro atoms. The van der Waals surface area contributed by atoms with Gasteiger partial charge in [0.25, 0.3) is 5.56 Å². The van der Waals surface area contributed by atoms with Crippen LogP contribution in [0.25, 0.3) is 0 Å². The number of aromatic nitrogens is 2. The quantitative estimate of drug-likeness (QED) is 0.800. The molecule has 0 aliphatic carbocycles. The molecule has 0 aliphatic rings. The maximum atomic E-state index is 12.2. The molecular formula is C23H33N3O2. The second kappa shape index (κ2) is 8.72. The summed E-state index contributed by atoms with van der Waals surface area (Å²) in [5, 5.41) is 2.98. The normalized spacial score (nSPS) is 11.5. The van der Waals surface area contributed by atoms with E-state index >= 15 is 0 Å². The van der Waals surface area contributed by atoms with Gasteiger partial charge in [-0.15, -0.1) is 0 Å². The van der Waals surface area contributed by atoms with Gasteiger partial charge in [-0.2, -0.15) is 0 Å². The van der Waals surface area contributed by atoms with Crippen LogP contribution in [0.1, 0.15) is 66.5 Å². The highest BCUT2D eigenvalue weighted by atomic mass is 16.1. The summed E-state index contributed by atoms with van der Waals surface area (Å²) in [6.07, 6.45) is 1.49. The number of rotatable bonds is 6. The molecular weight excluding hydrogens is 350 g/mol. The Morgan fingerprint density at radius 2 is 1.64 bits per heavy atom. The summed E-state index contributed by atoms with van der Waals surface area (Å²) in [6.45, 7) is 15.1. The minimum atomic E-state index is -0.150. The van der Waals surface area contributed by atoms with Gasteiger partial charge >= 0.3 is 0 Å². The molecule has 28 heavy (non-hydrogen) atoms. The van der Waals surface area contributed by atoms with Gasteiger partial charge in [-0.05, 0) is 68.2 Å². The maximum Gasteiger partial charge on any atom is 0.254 e. The summed E-state index contributed by atoms with van der Waals surface area (Å²) in [7, 11) is 0. The zero-order chi connectivity index (χ0) is 21.1. The third kappa shape index (κ3) is 5.54. The van der Waals surface area contributed by atoms with Crippen molar-refractivity contribution in [2.24, 2.45) is 0 Å². The van der Waals surface area contributed by atoms with E-state index in [1.807, 2.05) is 6.92 Å². The fourth-order valence-corrected chi connectivity index (χ4v) is 3.52. The highest BCUT2D eigenvalue weighted by Gasteiger charge is 2.16. The Hall–Kier alpha value is -2.43. The van der Waals surface area contributed by atoms with Crippen LogP contribution in [0.3, 0.4) is 0 Å². The van der Waals surface area contributed by atoms with Crippen molar-refractivity contribution in [3.05, 3.63) is 61.8 Å². The first kappa shape index (κ1) is 21.9. The van der Waals surface area contributed by atoms with Crippen molar-refractivity contribution in [3.63, 3.8) is 0 Å². The fraction of sp³-hybridized carbons (Fsp3) is 0.522. The van der Waals surface area contributed by atoms with E-state index in [2.05, 4.69) is 62.0 Å². The van der Waals surface area contributed by atoms with Gasteiger partial charge in [0.2, 0.25) is 5.91 Å². The molecule has 0 bridgehead atoms. The Balaban J connectivity index is 1.92. The minimum absolute atomic E-state index is 0.0407. The number of nitrogens with one attached hydrogen (secondary N) is 2. The summed E-state index contributed by atoms with van der Waals surface area (Å²) >= 11 is 0. The molecule has 1 aromatic carbocycles. The van der Waals surface area contributed by atoms with E-state index in [0.717, 1.165) is 6.42 Å². The van der Waals surface area contributed by atoms with Crippen LogP contribution in [0.4, 0.5) is 0 Å². The number of aromatic amines is 1. The number of H-pyrrole nitrogens is 1. The summed E-state index contributed by atoms with van der Waals surface area (Å²) < 4.78 is 0. The van der Waals surface area contributed by atoms with Gasteiger partial charge in [-0.1, -0.05) is 32.9 Å². The Bertz CT molecular complexity index is 897. The molecule has 0 fully saturated rings. The summed E-state index contributed by atoms with van der Waals surface area (Å²) in [5.74, 6) is 0.555. The standard InChI is InChI=1S/C23H33N3O2/c1-14-12-18(23(5,6)7)13-15(2)19(14)10-11-24-21(27)9-8-20-16(3)25-17(4)26-22(20)28/h12-13H,8-11H2,1-7H3,(H,24,27)(H,25,26,28). The number of carbonyl (C=O) groups excluding carboxylic acids is 1. The largest absolute Gasteiger partial charge is 0.356 e. The lowest BCUT2D eigenvalue weighted by molar-refractivity contribution is -0.121. The van der Waals surface area contributed by atoms with Crippen LogP contribution in [0, 0.1) is 27.7 Å². The predicted octanol–water partition coefficient (Wildman–Crippen LogP) is 3.59. The van der Waals surface area contributed by atoms with Crippen molar-refractivity contribution < 1.29 is 4.79 Å². The average molecular weight is 384 g/mol. The maximum absolute atomic E-state index is 12.2. The molecule has 2 rings (SSSR count). The third-order valence-electron chi connectivity index (χ3n) is 5.20. The number of hydrogen-bond donors (Lipinski definition) is 2. The van der Waals surface area contributed by atoms with Crippen LogP contribution in [0.15, 0.2) is 16.9 Å². The van der Waals surface area contributed by atoms with Gasteiger partial charge in [0.15, 0.2) is 0 Å². The summed E-state index contributed by atoms with van der Waals surface area (Å²) in [4.78, 5) is 31.2. The summed E-state index contributed by atoms with van der Waals surface area (Å²) in [6, 6.07) is 4.51. The first-order valence-electron chi connectivity index (χ1n) is 9.92. The first-order chi connectivity index (χ1) is 13.0. The molecule has 1 amide bonds. The number of benzene rings is 1. The van der Waals surface area contributed by atoms with E-state index in [-0.39, 0.29) is 23.3 Å². The van der Waals surface area contributed by atoms with Crippen LogP contribution in [-0.2, 0) is 23.1 Å². The van der Waals surface area contributed by atoms with E-state index in [1.54, 1.807) is 6.92 Å². The van der Waals surface area contributed by atoms with Crippen LogP contribution in [0.2, 0.25) is 0 Å². The van der Waals surface area contributed by atoms with Crippen LogP contribution in [-0.4, -0.2) is 22.4 Å². The monoisotopic (exact) mass is 383 g/mol. The van der Waals surface area contributed by atoms with E-state index in [0.29, 0.717) is 30.0 Å². The van der Waals surface area contributed by atoms with Crippen molar-refractivity contribution in [2.75, 3.05) is 6.54 Å². The molecule has 0 aliphatic heterocycles. The highest BCUT2D eigenvalue weighted by Crippen LogP contribution is 2.27. The van der Waals surface area contributed by atoms with Crippen molar-refractivity contribution in [2.45, 2.75) is 73.1 Å². The molecule has 0 radical (unpaired) electrons. The highest BCUT2D eigenvalue weighted by molar-refractivity contribution is 5.76. The molecule has 0 saturated heterocycles. The number of carbonyl (C=O) groups is 1. The van der Waals surface area contributed by atoms with Crippen molar-refractivity contribution in [3.8, 4) is 0 Å². The number of nitrogens with zero attached hydrogens (tertiary/aromatic N) is 1. The molecule has 5 heteroatoms. The van der Waals surface area contributed by atoms with Crippen molar-refractivity contribution in [1.29, 1.82) is 0 Å². The molecule has 5 nitrogen and oxygen atoms in total. The molecule has 152 valence electrons. The Morgan fingerprint density at radius 1 is 1.04 bits per heavy atom. The van der Waals surface area contributed by atoms with Gasteiger partial charge in [0.1, 0.15) is 5.82 Å². The topological polar surface area (TPSA) is 74.8 Å². The van der Waals surface area contributed by atoms with Crippen molar-refractivity contribution >= 4 is 5.91 Å². The zero-order valence-electron chi connectivity index (χ0n) is 18.2. The zero-order valence-corrected chi connectivity index (χ0v) is 18.2. The molecule has 2 aromatic rings. The van der Waals surface area contributed by atoms with E-state index < -0.39 is 0 Å².